The van der Waals surface area contributed by atoms with Crippen LogP contribution in [0, 0.1) is 10.1 Å². The summed E-state index contributed by atoms with van der Waals surface area (Å²) in [5, 5.41) is 12.8. The van der Waals surface area contributed by atoms with Crippen molar-refractivity contribution in [1.29, 1.82) is 0 Å². The van der Waals surface area contributed by atoms with Gasteiger partial charge in [0.25, 0.3) is 5.91 Å². The van der Waals surface area contributed by atoms with Gasteiger partial charge in [-0.15, -0.1) is 6.58 Å². The van der Waals surface area contributed by atoms with E-state index in [0.29, 0.717) is 11.3 Å². The number of nitrogens with one attached hydrogen (secondary N) is 1. The second-order valence-electron chi connectivity index (χ2n) is 3.48. The first-order valence-corrected chi connectivity index (χ1v) is 6.11. The number of nitrogens with zero attached hydrogens (tertiary/aromatic N) is 1. The van der Waals surface area contributed by atoms with E-state index in [9.17, 15) is 19.7 Å². The molecule has 19 heavy (non-hydrogen) atoms. The van der Waals surface area contributed by atoms with E-state index in [4.69, 9.17) is 4.74 Å². The zero-order valence-corrected chi connectivity index (χ0v) is 10.9. The summed E-state index contributed by atoms with van der Waals surface area (Å²) in [5.74, 6) is -1.22. The SMILES string of the molecule is C=CCNC(=O)C(C)OC(=O)c1ccc([N+](=O)[O-])s1. The molecule has 0 aliphatic carbocycles. The van der Waals surface area contributed by atoms with Crippen LogP contribution in [0.3, 0.4) is 0 Å². The number of hydrogen-bond donors (Lipinski definition) is 1. The molecule has 0 saturated heterocycles. The van der Waals surface area contributed by atoms with Crippen LogP contribution in [0.5, 0.6) is 0 Å². The summed E-state index contributed by atoms with van der Waals surface area (Å²) in [5.41, 5.74) is 0. The van der Waals surface area contributed by atoms with E-state index in [1.807, 2.05) is 0 Å². The molecule has 1 aromatic rings. The van der Waals surface area contributed by atoms with Crippen LogP contribution in [0.25, 0.3) is 0 Å². The van der Waals surface area contributed by atoms with Gasteiger partial charge in [-0.1, -0.05) is 17.4 Å². The molecule has 1 amide bonds. The lowest BCUT2D eigenvalue weighted by atomic mass is 10.3. The number of ether oxygens (including phenoxy) is 1. The molecule has 0 radical (unpaired) electrons. The summed E-state index contributed by atoms with van der Waals surface area (Å²) in [6, 6.07) is 2.50. The monoisotopic (exact) mass is 284 g/mol. The molecule has 1 heterocycles. The van der Waals surface area contributed by atoms with Crippen molar-refractivity contribution >= 4 is 28.2 Å². The number of carbonyl (C=O) groups is 2. The van der Waals surface area contributed by atoms with Gasteiger partial charge in [0.15, 0.2) is 6.10 Å². The average molecular weight is 284 g/mol. The Morgan fingerprint density at radius 1 is 1.63 bits per heavy atom. The Kier molecular flexibility index (Phi) is 5.19. The van der Waals surface area contributed by atoms with Crippen molar-refractivity contribution < 1.29 is 19.2 Å². The Labute approximate surface area is 113 Å². The highest BCUT2D eigenvalue weighted by atomic mass is 32.1. The highest BCUT2D eigenvalue weighted by Crippen LogP contribution is 2.24. The molecular formula is C11H12N2O5S. The van der Waals surface area contributed by atoms with Crippen LogP contribution in [0.1, 0.15) is 16.6 Å². The molecule has 0 bridgehead atoms. The van der Waals surface area contributed by atoms with Gasteiger partial charge in [-0.05, 0) is 13.0 Å². The number of amides is 1. The lowest BCUT2D eigenvalue weighted by molar-refractivity contribution is -0.380. The van der Waals surface area contributed by atoms with Gasteiger partial charge in [0.05, 0.1) is 4.92 Å². The van der Waals surface area contributed by atoms with Gasteiger partial charge >= 0.3 is 11.0 Å². The minimum absolute atomic E-state index is 0.0788. The fourth-order valence-corrected chi connectivity index (χ4v) is 1.83. The summed E-state index contributed by atoms with van der Waals surface area (Å²) in [7, 11) is 0. The molecule has 0 fully saturated rings. The fourth-order valence-electron chi connectivity index (χ4n) is 1.12. The maximum absolute atomic E-state index is 11.6. The second-order valence-corrected chi connectivity index (χ2v) is 4.54. The minimum Gasteiger partial charge on any atom is -0.448 e. The molecule has 0 spiro atoms. The van der Waals surface area contributed by atoms with E-state index in [1.54, 1.807) is 0 Å². The zero-order chi connectivity index (χ0) is 14.4. The Hall–Kier alpha value is -2.22. The number of rotatable bonds is 6. The largest absolute Gasteiger partial charge is 0.448 e. The van der Waals surface area contributed by atoms with Gasteiger partial charge in [0.1, 0.15) is 4.88 Å². The normalized spacial score (nSPS) is 11.4. The third-order valence-electron chi connectivity index (χ3n) is 2.05. The number of carbonyl (C=O) groups excluding carboxylic acids is 2. The Bertz CT molecular complexity index is 511. The predicted molar refractivity (Wildman–Crippen MR) is 69.1 cm³/mol. The van der Waals surface area contributed by atoms with E-state index >= 15 is 0 Å². The molecule has 0 aliphatic rings. The number of hydrogen-bond acceptors (Lipinski definition) is 6. The fraction of sp³-hybridized carbons (Fsp3) is 0.273. The van der Waals surface area contributed by atoms with Gasteiger partial charge in [-0.25, -0.2) is 4.79 Å². The van der Waals surface area contributed by atoms with Gasteiger partial charge in [-0.2, -0.15) is 0 Å². The third kappa shape index (κ3) is 4.18. The molecule has 1 atom stereocenters. The van der Waals surface area contributed by atoms with Crippen molar-refractivity contribution in [3.8, 4) is 0 Å². The number of nitro groups is 1. The quantitative estimate of drug-likeness (QED) is 0.369. The van der Waals surface area contributed by atoms with Crippen molar-refractivity contribution in [2.24, 2.45) is 0 Å². The standard InChI is InChI=1S/C11H12N2O5S/c1-3-6-12-10(14)7(2)18-11(15)8-4-5-9(19-8)13(16)17/h3-5,7H,1,6H2,2H3,(H,12,14). The summed E-state index contributed by atoms with van der Waals surface area (Å²) in [6.07, 6.45) is 0.517. The highest BCUT2D eigenvalue weighted by Gasteiger charge is 2.21. The van der Waals surface area contributed by atoms with Crippen LogP contribution < -0.4 is 5.32 Å². The first kappa shape index (κ1) is 14.8. The van der Waals surface area contributed by atoms with E-state index in [1.165, 1.54) is 25.1 Å². The first-order chi connectivity index (χ1) is 8.95. The Morgan fingerprint density at radius 3 is 2.84 bits per heavy atom. The van der Waals surface area contributed by atoms with Crippen LogP contribution in [0.4, 0.5) is 5.00 Å². The molecule has 0 aliphatic heterocycles. The van der Waals surface area contributed by atoms with Gasteiger partial charge < -0.3 is 10.1 Å². The van der Waals surface area contributed by atoms with Crippen molar-refractivity contribution in [2.75, 3.05) is 6.54 Å². The molecule has 8 heteroatoms. The number of thiophene rings is 1. The van der Waals surface area contributed by atoms with Crippen LogP contribution in [0.2, 0.25) is 0 Å². The van der Waals surface area contributed by atoms with E-state index in [0.717, 1.165) is 0 Å². The van der Waals surface area contributed by atoms with Crippen molar-refractivity contribution in [3.05, 3.63) is 39.8 Å². The second kappa shape index (κ2) is 6.64. The van der Waals surface area contributed by atoms with Crippen LogP contribution in [-0.4, -0.2) is 29.4 Å². The number of esters is 1. The zero-order valence-electron chi connectivity index (χ0n) is 10.1. The summed E-state index contributed by atoms with van der Waals surface area (Å²) in [6.45, 7) is 5.12. The molecule has 102 valence electrons. The smallest absolute Gasteiger partial charge is 0.349 e. The molecule has 1 rings (SSSR count). The average Bonchev–Trinajstić information content (AvgIpc) is 2.85. The van der Waals surface area contributed by atoms with Crippen LogP contribution in [-0.2, 0) is 9.53 Å². The van der Waals surface area contributed by atoms with E-state index in [-0.39, 0.29) is 16.4 Å². The summed E-state index contributed by atoms with van der Waals surface area (Å²) in [4.78, 5) is 33.0. The van der Waals surface area contributed by atoms with Gasteiger partial charge in [0.2, 0.25) is 0 Å². The van der Waals surface area contributed by atoms with Crippen molar-refractivity contribution in [1.82, 2.24) is 5.32 Å². The predicted octanol–water partition coefficient (Wildman–Crippen LogP) is 1.50. The molecule has 0 aromatic carbocycles. The van der Waals surface area contributed by atoms with Gasteiger partial charge in [0, 0.05) is 12.6 Å². The van der Waals surface area contributed by atoms with Crippen molar-refractivity contribution in [2.45, 2.75) is 13.0 Å². The van der Waals surface area contributed by atoms with Crippen LogP contribution >= 0.6 is 11.3 Å². The van der Waals surface area contributed by atoms with Crippen molar-refractivity contribution in [3.63, 3.8) is 0 Å². The molecule has 0 saturated carbocycles. The topological polar surface area (TPSA) is 98.5 Å². The Balaban J connectivity index is 2.60. The first-order valence-electron chi connectivity index (χ1n) is 5.29. The molecule has 7 nitrogen and oxygen atoms in total. The van der Waals surface area contributed by atoms with E-state index in [2.05, 4.69) is 11.9 Å². The van der Waals surface area contributed by atoms with Crippen LogP contribution in [0.15, 0.2) is 24.8 Å². The van der Waals surface area contributed by atoms with E-state index < -0.39 is 22.9 Å². The Morgan fingerprint density at radius 2 is 2.32 bits per heavy atom. The summed E-state index contributed by atoms with van der Waals surface area (Å²) >= 11 is 0.699. The lowest BCUT2D eigenvalue weighted by Gasteiger charge is -2.11. The molecule has 1 unspecified atom stereocenters. The maximum atomic E-state index is 11.6. The summed E-state index contributed by atoms with van der Waals surface area (Å²) < 4.78 is 4.89. The third-order valence-corrected chi connectivity index (χ3v) is 3.06. The minimum atomic E-state index is -0.978. The van der Waals surface area contributed by atoms with Gasteiger partial charge in [-0.3, -0.25) is 14.9 Å². The molecule has 1 N–H and O–H groups in total. The molecule has 1 aromatic heterocycles. The maximum Gasteiger partial charge on any atom is 0.349 e. The molecular weight excluding hydrogens is 272 g/mol. The lowest BCUT2D eigenvalue weighted by Crippen LogP contribution is -2.35. The highest BCUT2D eigenvalue weighted by molar-refractivity contribution is 7.17.